The van der Waals surface area contributed by atoms with Gasteiger partial charge in [0.25, 0.3) is 0 Å². The number of aryl methyl sites for hydroxylation is 1. The molecule has 31 heavy (non-hydrogen) atoms. The number of rotatable bonds is 4. The predicted molar refractivity (Wildman–Crippen MR) is 126 cm³/mol. The summed E-state index contributed by atoms with van der Waals surface area (Å²) in [5.74, 6) is 2.07. The molecule has 4 N–H and O–H groups in total. The number of nitrogens with two attached hydrogens (primary N) is 1. The Balaban J connectivity index is 1.60. The number of piperazine rings is 1. The van der Waals surface area contributed by atoms with Crippen LogP contribution < -0.4 is 16.0 Å². The third kappa shape index (κ3) is 4.02. The molecule has 1 aliphatic rings. The second-order valence-electron chi connectivity index (χ2n) is 8.07. The molecule has 5 rings (SSSR count). The molecule has 0 bridgehead atoms. The van der Waals surface area contributed by atoms with E-state index in [4.69, 9.17) is 15.7 Å². The molecule has 2 aromatic heterocycles. The fourth-order valence-electron chi connectivity index (χ4n) is 3.88. The normalized spacial score (nSPS) is 14.8. The summed E-state index contributed by atoms with van der Waals surface area (Å²) in [6, 6.07) is 16.0. The van der Waals surface area contributed by atoms with Gasteiger partial charge >= 0.3 is 0 Å². The van der Waals surface area contributed by atoms with Gasteiger partial charge in [0.05, 0.1) is 5.52 Å². The molecule has 0 saturated carbocycles. The van der Waals surface area contributed by atoms with Crippen LogP contribution in [0.5, 0.6) is 0 Å². The predicted octanol–water partition coefficient (Wildman–Crippen LogP) is 3.41. The number of nitrogens with zero attached hydrogens (tertiary/aromatic N) is 5. The molecule has 0 spiro atoms. The van der Waals surface area contributed by atoms with Crippen LogP contribution in [0.4, 0.5) is 23.0 Å². The van der Waals surface area contributed by atoms with E-state index in [9.17, 15) is 0 Å². The van der Waals surface area contributed by atoms with Crippen molar-refractivity contribution in [2.75, 3.05) is 49.2 Å². The van der Waals surface area contributed by atoms with Crippen LogP contribution in [-0.2, 0) is 0 Å². The molecular formula is C23H26N8. The summed E-state index contributed by atoms with van der Waals surface area (Å²) < 4.78 is 0. The molecule has 0 aliphatic carbocycles. The Morgan fingerprint density at radius 1 is 1.00 bits per heavy atom. The van der Waals surface area contributed by atoms with Gasteiger partial charge in [0.1, 0.15) is 5.82 Å². The Bertz CT molecular complexity index is 1220. The molecule has 0 atom stereocenters. The van der Waals surface area contributed by atoms with E-state index < -0.39 is 0 Å². The molecule has 8 nitrogen and oxygen atoms in total. The van der Waals surface area contributed by atoms with E-state index in [-0.39, 0.29) is 0 Å². The van der Waals surface area contributed by atoms with Crippen LogP contribution in [0.25, 0.3) is 22.3 Å². The lowest BCUT2D eigenvalue weighted by Crippen LogP contribution is -2.44. The first kappa shape index (κ1) is 19.3. The highest BCUT2D eigenvalue weighted by atomic mass is 15.2. The summed E-state index contributed by atoms with van der Waals surface area (Å²) >= 11 is 0. The van der Waals surface area contributed by atoms with Crippen LogP contribution >= 0.6 is 0 Å². The van der Waals surface area contributed by atoms with Gasteiger partial charge in [0, 0.05) is 60.3 Å². The van der Waals surface area contributed by atoms with Crippen LogP contribution in [0.2, 0.25) is 0 Å². The van der Waals surface area contributed by atoms with E-state index in [1.54, 1.807) is 0 Å². The number of H-pyrrole nitrogens is 1. The lowest BCUT2D eigenvalue weighted by atomic mass is 10.1. The SMILES string of the molecule is Cc1cc(Nc2nc(-c3cccc(N)c3)nc3cc(N4CCN(C)CC4)ccc23)n[nH]1. The van der Waals surface area contributed by atoms with Gasteiger partial charge in [-0.05, 0) is 44.3 Å². The Hall–Kier alpha value is -3.65. The molecule has 4 aromatic rings. The number of benzene rings is 2. The molecule has 3 heterocycles. The van der Waals surface area contributed by atoms with Crippen molar-refractivity contribution in [1.82, 2.24) is 25.1 Å². The second kappa shape index (κ2) is 7.88. The smallest absolute Gasteiger partial charge is 0.162 e. The first-order valence-electron chi connectivity index (χ1n) is 10.5. The standard InChI is InChI=1S/C23H26N8/c1-15-12-21(29-28-15)26-23-19-7-6-18(31-10-8-30(2)9-11-31)14-20(19)25-22(27-23)16-4-3-5-17(24)13-16/h3-7,12-14H,8-11,24H2,1-2H3,(H2,25,26,27,28,29). The lowest BCUT2D eigenvalue weighted by molar-refractivity contribution is 0.313. The third-order valence-electron chi connectivity index (χ3n) is 5.65. The highest BCUT2D eigenvalue weighted by Gasteiger charge is 2.17. The van der Waals surface area contributed by atoms with Crippen molar-refractivity contribution >= 4 is 33.9 Å². The summed E-state index contributed by atoms with van der Waals surface area (Å²) in [6.07, 6.45) is 0. The number of fused-ring (bicyclic) bond motifs is 1. The number of likely N-dealkylation sites (N-methyl/N-ethyl adjacent to an activating group) is 1. The highest BCUT2D eigenvalue weighted by Crippen LogP contribution is 2.30. The van der Waals surface area contributed by atoms with Gasteiger partial charge in [-0.3, -0.25) is 5.10 Å². The summed E-state index contributed by atoms with van der Waals surface area (Å²) in [5.41, 5.74) is 10.6. The van der Waals surface area contributed by atoms with E-state index in [0.717, 1.165) is 60.0 Å². The summed E-state index contributed by atoms with van der Waals surface area (Å²) in [4.78, 5) is 14.5. The van der Waals surface area contributed by atoms with Gasteiger partial charge in [-0.2, -0.15) is 5.10 Å². The number of aromatic amines is 1. The number of hydrogen-bond donors (Lipinski definition) is 3. The quantitative estimate of drug-likeness (QED) is 0.440. The number of nitrogens with one attached hydrogen (secondary N) is 2. The fourth-order valence-corrected chi connectivity index (χ4v) is 3.88. The van der Waals surface area contributed by atoms with Gasteiger partial charge in [-0.25, -0.2) is 9.97 Å². The molecule has 1 saturated heterocycles. The van der Waals surface area contributed by atoms with Crippen LogP contribution in [0.3, 0.4) is 0 Å². The third-order valence-corrected chi connectivity index (χ3v) is 5.65. The van der Waals surface area contributed by atoms with Gasteiger partial charge in [0.2, 0.25) is 0 Å². The Morgan fingerprint density at radius 2 is 1.84 bits per heavy atom. The zero-order valence-corrected chi connectivity index (χ0v) is 17.8. The monoisotopic (exact) mass is 414 g/mol. The lowest BCUT2D eigenvalue weighted by Gasteiger charge is -2.34. The van der Waals surface area contributed by atoms with Crippen LogP contribution in [0.15, 0.2) is 48.5 Å². The average Bonchev–Trinajstić information content (AvgIpc) is 3.18. The van der Waals surface area contributed by atoms with Crippen LogP contribution in [0, 0.1) is 6.92 Å². The molecular weight excluding hydrogens is 388 g/mol. The minimum Gasteiger partial charge on any atom is -0.399 e. The molecule has 8 heteroatoms. The Morgan fingerprint density at radius 3 is 2.58 bits per heavy atom. The van der Waals surface area contributed by atoms with E-state index in [1.807, 2.05) is 37.3 Å². The summed E-state index contributed by atoms with van der Waals surface area (Å²) in [5, 5.41) is 11.6. The molecule has 0 amide bonds. The molecule has 1 fully saturated rings. The number of hydrogen-bond acceptors (Lipinski definition) is 7. The maximum atomic E-state index is 6.01. The van der Waals surface area contributed by atoms with Crippen molar-refractivity contribution in [1.29, 1.82) is 0 Å². The minimum absolute atomic E-state index is 0.630. The number of aromatic nitrogens is 4. The second-order valence-corrected chi connectivity index (χ2v) is 8.07. The largest absolute Gasteiger partial charge is 0.399 e. The van der Waals surface area contributed by atoms with Crippen molar-refractivity contribution < 1.29 is 0 Å². The van der Waals surface area contributed by atoms with Crippen LogP contribution in [-0.4, -0.2) is 58.3 Å². The summed E-state index contributed by atoms with van der Waals surface area (Å²) in [7, 11) is 2.16. The zero-order chi connectivity index (χ0) is 21.4. The highest BCUT2D eigenvalue weighted by molar-refractivity contribution is 5.94. The topological polar surface area (TPSA) is 99.0 Å². The van der Waals surface area contributed by atoms with Crippen molar-refractivity contribution in [3.8, 4) is 11.4 Å². The van der Waals surface area contributed by atoms with Gasteiger partial charge in [-0.1, -0.05) is 12.1 Å². The maximum Gasteiger partial charge on any atom is 0.162 e. The average molecular weight is 415 g/mol. The molecule has 158 valence electrons. The van der Waals surface area contributed by atoms with Crippen molar-refractivity contribution in [2.45, 2.75) is 6.92 Å². The fraction of sp³-hybridized carbons (Fsp3) is 0.261. The minimum atomic E-state index is 0.630. The van der Waals surface area contributed by atoms with Gasteiger partial charge < -0.3 is 20.9 Å². The number of nitrogen functional groups attached to an aromatic ring is 1. The van der Waals surface area contributed by atoms with E-state index >= 15 is 0 Å². The molecule has 1 aliphatic heterocycles. The van der Waals surface area contributed by atoms with Crippen molar-refractivity contribution in [3.05, 3.63) is 54.2 Å². The van der Waals surface area contributed by atoms with E-state index in [2.05, 4.69) is 50.6 Å². The van der Waals surface area contributed by atoms with Crippen molar-refractivity contribution in [3.63, 3.8) is 0 Å². The van der Waals surface area contributed by atoms with E-state index in [1.165, 1.54) is 5.69 Å². The first-order chi connectivity index (χ1) is 15.0. The Kier molecular flexibility index (Phi) is 4.91. The van der Waals surface area contributed by atoms with Crippen molar-refractivity contribution in [2.24, 2.45) is 0 Å². The zero-order valence-electron chi connectivity index (χ0n) is 17.8. The summed E-state index contributed by atoms with van der Waals surface area (Å²) in [6.45, 7) is 6.10. The Labute approximate surface area is 181 Å². The molecule has 0 unspecified atom stereocenters. The maximum absolute atomic E-state index is 6.01. The first-order valence-corrected chi connectivity index (χ1v) is 10.5. The molecule has 2 aromatic carbocycles. The van der Waals surface area contributed by atoms with Gasteiger partial charge in [0.15, 0.2) is 11.6 Å². The van der Waals surface area contributed by atoms with Gasteiger partial charge in [-0.15, -0.1) is 0 Å². The number of anilines is 4. The molecule has 0 radical (unpaired) electrons. The van der Waals surface area contributed by atoms with E-state index in [0.29, 0.717) is 11.5 Å². The van der Waals surface area contributed by atoms with Crippen LogP contribution in [0.1, 0.15) is 5.69 Å².